The standard InChI is InChI=1S/C17H21N3O5/c1-24-12-3-4-14(25-2)13(7-12)11-5-6-19(9-11)16(22)10-20-15(21)8-18-17(20)23/h3-4,7,11H,5-6,8-10H2,1-2H3,(H,18,23)/t11-/m1/s1. The van der Waals surface area contributed by atoms with Gasteiger partial charge in [0.15, 0.2) is 0 Å². The van der Waals surface area contributed by atoms with Crippen molar-refractivity contribution >= 4 is 17.8 Å². The molecule has 0 aromatic heterocycles. The van der Waals surface area contributed by atoms with E-state index in [0.717, 1.165) is 28.4 Å². The molecule has 4 amide bonds. The van der Waals surface area contributed by atoms with Crippen molar-refractivity contribution in [1.82, 2.24) is 15.1 Å². The molecular weight excluding hydrogens is 326 g/mol. The van der Waals surface area contributed by atoms with Crippen LogP contribution in [-0.4, -0.2) is 68.0 Å². The molecule has 1 atom stereocenters. The number of nitrogens with one attached hydrogen (secondary N) is 1. The Morgan fingerprint density at radius 1 is 1.28 bits per heavy atom. The summed E-state index contributed by atoms with van der Waals surface area (Å²) in [6.07, 6.45) is 0.787. The topological polar surface area (TPSA) is 88.2 Å². The first-order valence-electron chi connectivity index (χ1n) is 8.11. The molecule has 2 aliphatic rings. The molecule has 2 fully saturated rings. The number of methoxy groups -OCH3 is 2. The highest BCUT2D eigenvalue weighted by atomic mass is 16.5. The maximum absolute atomic E-state index is 12.4. The number of carbonyl (C=O) groups excluding carboxylic acids is 3. The maximum Gasteiger partial charge on any atom is 0.325 e. The summed E-state index contributed by atoms with van der Waals surface area (Å²) in [5.41, 5.74) is 0.993. The molecule has 0 radical (unpaired) electrons. The Bertz CT molecular complexity index is 690. The van der Waals surface area contributed by atoms with Crippen molar-refractivity contribution in [2.24, 2.45) is 0 Å². The van der Waals surface area contributed by atoms with Crippen molar-refractivity contribution < 1.29 is 23.9 Å². The van der Waals surface area contributed by atoms with Crippen molar-refractivity contribution in [2.45, 2.75) is 12.3 Å². The van der Waals surface area contributed by atoms with E-state index in [0.29, 0.717) is 13.1 Å². The van der Waals surface area contributed by atoms with Crippen LogP contribution in [0.1, 0.15) is 17.9 Å². The highest BCUT2D eigenvalue weighted by Crippen LogP contribution is 2.36. The Hall–Kier alpha value is -2.77. The minimum atomic E-state index is -0.511. The van der Waals surface area contributed by atoms with E-state index >= 15 is 0 Å². The first-order valence-corrected chi connectivity index (χ1v) is 8.11. The number of benzene rings is 1. The number of hydrogen-bond donors (Lipinski definition) is 1. The second kappa shape index (κ2) is 7.00. The number of likely N-dealkylation sites (tertiary alicyclic amines) is 1. The Morgan fingerprint density at radius 3 is 2.72 bits per heavy atom. The van der Waals surface area contributed by atoms with Crippen molar-refractivity contribution in [3.63, 3.8) is 0 Å². The van der Waals surface area contributed by atoms with Gasteiger partial charge in [0.25, 0.3) is 5.91 Å². The zero-order chi connectivity index (χ0) is 18.0. The highest BCUT2D eigenvalue weighted by molar-refractivity contribution is 6.04. The summed E-state index contributed by atoms with van der Waals surface area (Å²) in [7, 11) is 3.22. The summed E-state index contributed by atoms with van der Waals surface area (Å²) < 4.78 is 10.7. The smallest absolute Gasteiger partial charge is 0.325 e. The largest absolute Gasteiger partial charge is 0.497 e. The van der Waals surface area contributed by atoms with Gasteiger partial charge in [0.1, 0.15) is 18.0 Å². The lowest BCUT2D eigenvalue weighted by Crippen LogP contribution is -2.42. The molecule has 8 nitrogen and oxygen atoms in total. The number of nitrogens with zero attached hydrogens (tertiary/aromatic N) is 2. The first-order chi connectivity index (χ1) is 12.0. The molecule has 0 spiro atoms. The lowest BCUT2D eigenvalue weighted by molar-refractivity contribution is -0.135. The van der Waals surface area contributed by atoms with Gasteiger partial charge in [-0.3, -0.25) is 14.5 Å². The molecule has 2 saturated heterocycles. The van der Waals surface area contributed by atoms with E-state index in [1.54, 1.807) is 19.1 Å². The SMILES string of the molecule is COc1ccc(OC)c([C@@H]2CCN(C(=O)CN3C(=O)CNC3=O)C2)c1. The van der Waals surface area contributed by atoms with Gasteiger partial charge in [0, 0.05) is 24.6 Å². The molecule has 2 aliphatic heterocycles. The Morgan fingerprint density at radius 2 is 2.08 bits per heavy atom. The molecular formula is C17H21N3O5. The summed E-state index contributed by atoms with van der Waals surface area (Å²) in [5.74, 6) is 1.02. The average Bonchev–Trinajstić information content (AvgIpc) is 3.23. The van der Waals surface area contributed by atoms with Crippen LogP contribution in [0.4, 0.5) is 4.79 Å². The zero-order valence-corrected chi connectivity index (χ0v) is 14.3. The van der Waals surface area contributed by atoms with Crippen LogP contribution in [0.2, 0.25) is 0 Å². The second-order valence-electron chi connectivity index (χ2n) is 6.07. The molecule has 0 saturated carbocycles. The van der Waals surface area contributed by atoms with Crippen molar-refractivity contribution in [3.05, 3.63) is 23.8 Å². The fraction of sp³-hybridized carbons (Fsp3) is 0.471. The molecule has 134 valence electrons. The third-order valence-corrected chi connectivity index (χ3v) is 4.65. The molecule has 25 heavy (non-hydrogen) atoms. The van der Waals surface area contributed by atoms with E-state index in [-0.39, 0.29) is 30.8 Å². The van der Waals surface area contributed by atoms with Gasteiger partial charge in [0.2, 0.25) is 5.91 Å². The van der Waals surface area contributed by atoms with Crippen molar-refractivity contribution in [1.29, 1.82) is 0 Å². The van der Waals surface area contributed by atoms with E-state index in [1.807, 2.05) is 18.2 Å². The normalized spacial score (nSPS) is 20.0. The van der Waals surface area contributed by atoms with Gasteiger partial charge in [-0.25, -0.2) is 4.79 Å². The van der Waals surface area contributed by atoms with Crippen LogP contribution < -0.4 is 14.8 Å². The monoisotopic (exact) mass is 347 g/mol. The Labute approximate surface area is 145 Å². The minimum Gasteiger partial charge on any atom is -0.497 e. The quantitative estimate of drug-likeness (QED) is 0.787. The first kappa shape index (κ1) is 17.1. The fourth-order valence-electron chi connectivity index (χ4n) is 3.25. The molecule has 2 heterocycles. The van der Waals surface area contributed by atoms with Crippen LogP contribution in [-0.2, 0) is 9.59 Å². The lowest BCUT2D eigenvalue weighted by atomic mass is 9.97. The van der Waals surface area contributed by atoms with Gasteiger partial charge in [-0.15, -0.1) is 0 Å². The summed E-state index contributed by atoms with van der Waals surface area (Å²) in [6.45, 7) is 0.835. The average molecular weight is 347 g/mol. The second-order valence-corrected chi connectivity index (χ2v) is 6.07. The predicted molar refractivity (Wildman–Crippen MR) is 88.6 cm³/mol. The van der Waals surface area contributed by atoms with E-state index in [4.69, 9.17) is 9.47 Å². The number of rotatable bonds is 5. The van der Waals surface area contributed by atoms with Crippen LogP contribution in [0.5, 0.6) is 11.5 Å². The summed E-state index contributed by atoms with van der Waals surface area (Å²) in [6, 6.07) is 5.10. The lowest BCUT2D eigenvalue weighted by Gasteiger charge is -2.20. The van der Waals surface area contributed by atoms with Gasteiger partial charge in [-0.05, 0) is 24.6 Å². The minimum absolute atomic E-state index is 0.0459. The number of ether oxygens (including phenoxy) is 2. The van der Waals surface area contributed by atoms with Gasteiger partial charge >= 0.3 is 6.03 Å². The molecule has 1 aromatic rings. The molecule has 0 unspecified atom stereocenters. The van der Waals surface area contributed by atoms with Crippen LogP contribution in [0.3, 0.4) is 0 Å². The number of amides is 4. The summed E-state index contributed by atoms with van der Waals surface area (Å²) in [4.78, 5) is 38.3. The number of hydrogen-bond acceptors (Lipinski definition) is 5. The van der Waals surface area contributed by atoms with Crippen LogP contribution in [0, 0.1) is 0 Å². The maximum atomic E-state index is 12.4. The highest BCUT2D eigenvalue weighted by Gasteiger charge is 2.34. The molecule has 1 N–H and O–H groups in total. The van der Waals surface area contributed by atoms with E-state index < -0.39 is 6.03 Å². The van der Waals surface area contributed by atoms with Gasteiger partial charge < -0.3 is 19.7 Å². The van der Waals surface area contributed by atoms with Gasteiger partial charge in [0.05, 0.1) is 20.8 Å². The molecule has 0 aliphatic carbocycles. The number of imide groups is 1. The number of urea groups is 1. The molecule has 0 bridgehead atoms. The van der Waals surface area contributed by atoms with E-state index in [9.17, 15) is 14.4 Å². The third-order valence-electron chi connectivity index (χ3n) is 4.65. The molecule has 8 heteroatoms. The van der Waals surface area contributed by atoms with Crippen molar-refractivity contribution in [3.8, 4) is 11.5 Å². The fourth-order valence-corrected chi connectivity index (χ4v) is 3.25. The third kappa shape index (κ3) is 3.38. The Kier molecular flexibility index (Phi) is 4.78. The van der Waals surface area contributed by atoms with Gasteiger partial charge in [-0.1, -0.05) is 0 Å². The predicted octanol–water partition coefficient (Wildman–Crippen LogP) is 0.571. The summed E-state index contributed by atoms with van der Waals surface area (Å²) >= 11 is 0. The van der Waals surface area contributed by atoms with Crippen LogP contribution in [0.25, 0.3) is 0 Å². The van der Waals surface area contributed by atoms with Gasteiger partial charge in [-0.2, -0.15) is 0 Å². The molecule has 1 aromatic carbocycles. The summed E-state index contributed by atoms with van der Waals surface area (Å²) in [5, 5.41) is 2.41. The molecule has 3 rings (SSSR count). The van der Waals surface area contributed by atoms with Crippen molar-refractivity contribution in [2.75, 3.05) is 40.4 Å². The number of carbonyl (C=O) groups is 3. The van der Waals surface area contributed by atoms with E-state index in [1.165, 1.54) is 0 Å². The Balaban J connectivity index is 1.68. The van der Waals surface area contributed by atoms with E-state index in [2.05, 4.69) is 5.32 Å². The zero-order valence-electron chi connectivity index (χ0n) is 14.3. The van der Waals surface area contributed by atoms with Crippen LogP contribution in [0.15, 0.2) is 18.2 Å². The van der Waals surface area contributed by atoms with Crippen LogP contribution >= 0.6 is 0 Å².